The second-order valence-electron chi connectivity index (χ2n) is 7.77. The van der Waals surface area contributed by atoms with E-state index in [9.17, 15) is 5.26 Å². The third-order valence-electron chi connectivity index (χ3n) is 5.70. The van der Waals surface area contributed by atoms with Gasteiger partial charge in [0.15, 0.2) is 5.65 Å². The molecular weight excluding hydrogens is 382 g/mol. The quantitative estimate of drug-likeness (QED) is 0.367. The zero-order valence-corrected chi connectivity index (χ0v) is 17.5. The van der Waals surface area contributed by atoms with E-state index in [1.165, 1.54) is 5.56 Å². The fourth-order valence-corrected chi connectivity index (χ4v) is 4.15. The normalized spacial score (nSPS) is 11.2. The molecule has 0 saturated heterocycles. The first kappa shape index (κ1) is 19.1. The average Bonchev–Trinajstić information content (AvgIpc) is 3.36. The molecule has 0 unspecified atom stereocenters. The highest BCUT2D eigenvalue weighted by molar-refractivity contribution is 5.84. The first-order chi connectivity index (χ1) is 15.3. The second kappa shape index (κ2) is 8.08. The van der Waals surface area contributed by atoms with E-state index in [-0.39, 0.29) is 0 Å². The second-order valence-corrected chi connectivity index (χ2v) is 7.77. The Bertz CT molecular complexity index is 1400. The van der Waals surface area contributed by atoms with E-state index in [2.05, 4.69) is 46.8 Å². The molecule has 0 bridgehead atoms. The molecule has 3 aromatic heterocycles. The number of nitriles is 1. The van der Waals surface area contributed by atoms with Crippen molar-refractivity contribution in [3.8, 4) is 11.8 Å². The molecule has 0 radical (unpaired) electrons. The molecule has 0 N–H and O–H groups in total. The van der Waals surface area contributed by atoms with Gasteiger partial charge in [-0.3, -0.25) is 0 Å². The summed E-state index contributed by atoms with van der Waals surface area (Å²) in [4.78, 5) is 9.40. The molecule has 0 atom stereocenters. The predicted octanol–water partition coefficient (Wildman–Crippen LogP) is 5.64. The molecule has 3 heterocycles. The summed E-state index contributed by atoms with van der Waals surface area (Å²) in [5.41, 5.74) is 5.73. The number of nitrogens with zero attached hydrogens (tertiary/aromatic N) is 5. The molecule has 5 heteroatoms. The largest absolute Gasteiger partial charge is 0.308 e. The summed E-state index contributed by atoms with van der Waals surface area (Å²) in [6.07, 6.45) is 5.02. The molecule has 31 heavy (non-hydrogen) atoms. The summed E-state index contributed by atoms with van der Waals surface area (Å²) in [5.74, 6) is 1.09. The Morgan fingerprint density at radius 1 is 1.00 bits per heavy atom. The maximum Gasteiger partial charge on any atom is 0.160 e. The minimum absolute atomic E-state index is 0.639. The minimum atomic E-state index is 0.639. The van der Waals surface area contributed by atoms with Crippen LogP contribution in [-0.2, 0) is 13.0 Å². The SMILES string of the molecule is CCCCc1nc2cccnc2n1Cc1ccc(-n2c(C#N)cc3ccccc32)cc1. The number of aromatic nitrogens is 4. The molecule has 0 amide bonds. The Morgan fingerprint density at radius 2 is 1.84 bits per heavy atom. The number of fused-ring (bicyclic) bond motifs is 2. The van der Waals surface area contributed by atoms with Crippen molar-refractivity contribution < 1.29 is 0 Å². The van der Waals surface area contributed by atoms with E-state index in [0.717, 1.165) is 59.4 Å². The van der Waals surface area contributed by atoms with Gasteiger partial charge in [-0.05, 0) is 48.4 Å². The summed E-state index contributed by atoms with van der Waals surface area (Å²) >= 11 is 0. The van der Waals surface area contributed by atoms with Gasteiger partial charge in [0.05, 0.1) is 12.1 Å². The standard InChI is InChI=1S/C26H23N5/c1-2-3-10-25-29-23-8-6-15-28-26(23)30(25)18-19-11-13-21(14-12-19)31-22(17-27)16-20-7-4-5-9-24(20)31/h4-9,11-16H,2-3,10,18H2,1H3. The zero-order chi connectivity index (χ0) is 21.2. The lowest BCUT2D eigenvalue weighted by molar-refractivity contribution is 0.686. The van der Waals surface area contributed by atoms with Gasteiger partial charge in [-0.25, -0.2) is 9.97 Å². The predicted molar refractivity (Wildman–Crippen MR) is 123 cm³/mol. The van der Waals surface area contributed by atoms with Crippen molar-refractivity contribution in [2.75, 3.05) is 0 Å². The zero-order valence-electron chi connectivity index (χ0n) is 17.5. The van der Waals surface area contributed by atoms with Gasteiger partial charge in [0.25, 0.3) is 0 Å². The highest BCUT2D eigenvalue weighted by Crippen LogP contribution is 2.25. The first-order valence-electron chi connectivity index (χ1n) is 10.7. The highest BCUT2D eigenvalue weighted by atomic mass is 15.1. The molecule has 0 aliphatic rings. The van der Waals surface area contributed by atoms with Crippen molar-refractivity contribution in [3.05, 3.63) is 90.0 Å². The maximum absolute atomic E-state index is 9.62. The van der Waals surface area contributed by atoms with E-state index >= 15 is 0 Å². The maximum atomic E-state index is 9.62. The van der Waals surface area contributed by atoms with E-state index < -0.39 is 0 Å². The van der Waals surface area contributed by atoms with Crippen molar-refractivity contribution >= 4 is 22.1 Å². The van der Waals surface area contributed by atoms with Gasteiger partial charge >= 0.3 is 0 Å². The van der Waals surface area contributed by atoms with Crippen molar-refractivity contribution in [2.24, 2.45) is 0 Å². The number of imidazole rings is 1. The van der Waals surface area contributed by atoms with Crippen LogP contribution in [0.3, 0.4) is 0 Å². The number of hydrogen-bond donors (Lipinski definition) is 0. The summed E-state index contributed by atoms with van der Waals surface area (Å²) in [6.45, 7) is 2.93. The van der Waals surface area contributed by atoms with Crippen molar-refractivity contribution in [1.82, 2.24) is 19.1 Å². The van der Waals surface area contributed by atoms with E-state index in [0.29, 0.717) is 5.69 Å². The molecule has 0 spiro atoms. The van der Waals surface area contributed by atoms with E-state index in [1.54, 1.807) is 0 Å². The molecule has 152 valence electrons. The highest BCUT2D eigenvalue weighted by Gasteiger charge is 2.13. The fraction of sp³-hybridized carbons (Fsp3) is 0.192. The fourth-order valence-electron chi connectivity index (χ4n) is 4.15. The average molecular weight is 406 g/mol. The van der Waals surface area contributed by atoms with Gasteiger partial charge in [0.2, 0.25) is 0 Å². The molecular formula is C26H23N5. The monoisotopic (exact) mass is 405 g/mol. The lowest BCUT2D eigenvalue weighted by Gasteiger charge is -2.11. The third kappa shape index (κ3) is 3.47. The Labute approximate surface area is 181 Å². The number of aryl methyl sites for hydroxylation is 1. The van der Waals surface area contributed by atoms with Crippen molar-refractivity contribution in [2.45, 2.75) is 32.7 Å². The van der Waals surface area contributed by atoms with Crippen LogP contribution in [0.15, 0.2) is 72.9 Å². The van der Waals surface area contributed by atoms with Crippen LogP contribution in [0.4, 0.5) is 0 Å². The van der Waals surface area contributed by atoms with Crippen LogP contribution in [0.25, 0.3) is 27.8 Å². The Hall–Kier alpha value is -3.91. The van der Waals surface area contributed by atoms with Crippen LogP contribution in [0.5, 0.6) is 0 Å². The Kier molecular flexibility index (Phi) is 4.97. The minimum Gasteiger partial charge on any atom is -0.308 e. The van der Waals surface area contributed by atoms with Gasteiger partial charge < -0.3 is 9.13 Å². The molecule has 0 aliphatic heterocycles. The number of hydrogen-bond acceptors (Lipinski definition) is 3. The van der Waals surface area contributed by atoms with Gasteiger partial charge in [-0.15, -0.1) is 0 Å². The molecule has 5 nitrogen and oxygen atoms in total. The lowest BCUT2D eigenvalue weighted by atomic mass is 10.2. The summed E-state index contributed by atoms with van der Waals surface area (Å²) in [5, 5.41) is 10.7. The smallest absolute Gasteiger partial charge is 0.160 e. The van der Waals surface area contributed by atoms with E-state index in [1.807, 2.05) is 53.2 Å². The Balaban J connectivity index is 1.51. The molecule has 0 aliphatic carbocycles. The first-order valence-corrected chi connectivity index (χ1v) is 10.7. The number of rotatable bonds is 6. The molecule has 0 saturated carbocycles. The summed E-state index contributed by atoms with van der Waals surface area (Å²) in [6, 6.07) is 24.7. The van der Waals surface area contributed by atoms with Crippen molar-refractivity contribution in [3.63, 3.8) is 0 Å². The molecule has 5 rings (SSSR count). The van der Waals surface area contributed by atoms with Crippen LogP contribution in [0, 0.1) is 11.3 Å². The summed E-state index contributed by atoms with van der Waals surface area (Å²) in [7, 11) is 0. The third-order valence-corrected chi connectivity index (χ3v) is 5.70. The van der Waals surface area contributed by atoms with Crippen LogP contribution >= 0.6 is 0 Å². The lowest BCUT2D eigenvalue weighted by Crippen LogP contribution is -2.06. The van der Waals surface area contributed by atoms with E-state index in [4.69, 9.17) is 4.98 Å². The Morgan fingerprint density at radius 3 is 2.65 bits per heavy atom. The number of para-hydroxylation sites is 1. The number of unbranched alkanes of at least 4 members (excludes halogenated alkanes) is 1. The number of pyridine rings is 1. The van der Waals surface area contributed by atoms with Gasteiger partial charge in [-0.2, -0.15) is 5.26 Å². The van der Waals surface area contributed by atoms with Crippen LogP contribution < -0.4 is 0 Å². The van der Waals surface area contributed by atoms with Crippen LogP contribution in [0.2, 0.25) is 0 Å². The van der Waals surface area contributed by atoms with Crippen molar-refractivity contribution in [1.29, 1.82) is 5.26 Å². The number of benzene rings is 2. The molecule has 2 aromatic carbocycles. The van der Waals surface area contributed by atoms with Crippen LogP contribution in [-0.4, -0.2) is 19.1 Å². The van der Waals surface area contributed by atoms with Crippen LogP contribution in [0.1, 0.15) is 36.8 Å². The summed E-state index contributed by atoms with van der Waals surface area (Å²) < 4.78 is 4.24. The molecule has 0 fully saturated rings. The topological polar surface area (TPSA) is 59.4 Å². The van der Waals surface area contributed by atoms with Gasteiger partial charge in [0, 0.05) is 23.7 Å². The van der Waals surface area contributed by atoms with Gasteiger partial charge in [0.1, 0.15) is 23.1 Å². The van der Waals surface area contributed by atoms with Gasteiger partial charge in [-0.1, -0.05) is 43.7 Å². The molecule has 5 aromatic rings.